The lowest BCUT2D eigenvalue weighted by atomic mass is 9.97. The summed E-state index contributed by atoms with van der Waals surface area (Å²) < 4.78 is 0. The Labute approximate surface area is 66.6 Å². The topological polar surface area (TPSA) is 43.7 Å². The minimum atomic E-state index is -0.186. The van der Waals surface area contributed by atoms with Crippen molar-refractivity contribution in [3.8, 4) is 0 Å². The number of rotatable bonds is 1. The normalized spacial score (nSPS) is 44.7. The average molecular weight is 157 g/mol. The molecule has 0 radical (unpaired) electrons. The van der Waals surface area contributed by atoms with Crippen molar-refractivity contribution in [3.05, 3.63) is 0 Å². The van der Waals surface area contributed by atoms with Gasteiger partial charge in [-0.3, -0.25) is 4.90 Å². The van der Waals surface area contributed by atoms with Crippen molar-refractivity contribution in [3.63, 3.8) is 0 Å². The Hall–Kier alpha value is -0.120. The monoisotopic (exact) mass is 157 g/mol. The lowest BCUT2D eigenvalue weighted by Crippen LogP contribution is -2.35. The van der Waals surface area contributed by atoms with Crippen molar-refractivity contribution in [2.75, 3.05) is 19.7 Å². The van der Waals surface area contributed by atoms with Gasteiger partial charge in [-0.05, 0) is 19.4 Å². The molecule has 0 aliphatic carbocycles. The first kappa shape index (κ1) is 7.53. The van der Waals surface area contributed by atoms with Crippen LogP contribution in [0.1, 0.15) is 12.8 Å². The summed E-state index contributed by atoms with van der Waals surface area (Å²) in [6.07, 6.45) is 1.76. The van der Waals surface area contributed by atoms with Gasteiger partial charge in [0.05, 0.1) is 6.10 Å². The second kappa shape index (κ2) is 2.73. The third-order valence-corrected chi connectivity index (χ3v) is 3.03. The van der Waals surface area contributed by atoms with Gasteiger partial charge in [-0.25, -0.2) is 0 Å². The highest BCUT2D eigenvalue weighted by atomic mass is 16.3. The van der Waals surface area contributed by atoms with Gasteiger partial charge >= 0.3 is 0 Å². The Bertz CT molecular complexity index is 151. The Kier molecular flexibility index (Phi) is 1.87. The fourth-order valence-electron chi connectivity index (χ4n) is 2.44. The molecule has 3 atom stereocenters. The second-order valence-electron chi connectivity index (χ2n) is 3.61. The molecule has 11 heavy (non-hydrogen) atoms. The van der Waals surface area contributed by atoms with Crippen LogP contribution in [-0.4, -0.2) is 47.0 Å². The molecular weight excluding hydrogens is 142 g/mol. The third kappa shape index (κ3) is 1.08. The zero-order valence-corrected chi connectivity index (χ0v) is 6.61. The first-order valence-electron chi connectivity index (χ1n) is 4.36. The highest BCUT2D eigenvalue weighted by Crippen LogP contribution is 2.32. The van der Waals surface area contributed by atoms with Gasteiger partial charge < -0.3 is 10.2 Å². The van der Waals surface area contributed by atoms with Gasteiger partial charge in [0.2, 0.25) is 0 Å². The standard InChI is InChI=1S/C8H15NO2/c10-5-6-1-3-9-4-2-7(11)8(6)9/h6-8,10-11H,1-5H2/t6-,7+,8+/m0/s1. The first-order chi connectivity index (χ1) is 5.33. The van der Waals surface area contributed by atoms with E-state index < -0.39 is 0 Å². The Morgan fingerprint density at radius 3 is 2.73 bits per heavy atom. The van der Waals surface area contributed by atoms with Crippen LogP contribution in [0.4, 0.5) is 0 Å². The second-order valence-corrected chi connectivity index (χ2v) is 3.61. The average Bonchev–Trinajstić information content (AvgIpc) is 2.54. The van der Waals surface area contributed by atoms with Gasteiger partial charge in [0.25, 0.3) is 0 Å². The molecular formula is C8H15NO2. The molecule has 2 saturated heterocycles. The lowest BCUT2D eigenvalue weighted by molar-refractivity contribution is 0.0902. The first-order valence-corrected chi connectivity index (χ1v) is 4.36. The molecule has 2 rings (SSSR count). The van der Waals surface area contributed by atoms with E-state index in [2.05, 4.69) is 4.90 Å². The van der Waals surface area contributed by atoms with Crippen LogP contribution in [0.2, 0.25) is 0 Å². The molecule has 0 amide bonds. The predicted octanol–water partition coefficient (Wildman–Crippen LogP) is -0.566. The van der Waals surface area contributed by atoms with E-state index in [1.165, 1.54) is 0 Å². The van der Waals surface area contributed by atoms with Crippen molar-refractivity contribution < 1.29 is 10.2 Å². The molecule has 3 nitrogen and oxygen atoms in total. The van der Waals surface area contributed by atoms with Crippen molar-refractivity contribution in [2.24, 2.45) is 5.92 Å². The van der Waals surface area contributed by atoms with Crippen molar-refractivity contribution in [1.82, 2.24) is 4.90 Å². The van der Waals surface area contributed by atoms with Gasteiger partial charge in [-0.1, -0.05) is 0 Å². The third-order valence-electron chi connectivity index (χ3n) is 3.03. The summed E-state index contributed by atoms with van der Waals surface area (Å²) in [6.45, 7) is 2.31. The summed E-state index contributed by atoms with van der Waals surface area (Å²) in [6, 6.07) is 0.264. The molecule has 64 valence electrons. The molecule has 3 heteroatoms. The van der Waals surface area contributed by atoms with E-state index in [1.807, 2.05) is 0 Å². The number of hydrogen-bond acceptors (Lipinski definition) is 3. The molecule has 0 bridgehead atoms. The van der Waals surface area contributed by atoms with Crippen molar-refractivity contribution >= 4 is 0 Å². The zero-order chi connectivity index (χ0) is 7.84. The van der Waals surface area contributed by atoms with Gasteiger partial charge in [-0.15, -0.1) is 0 Å². The van der Waals surface area contributed by atoms with Crippen LogP contribution in [0.15, 0.2) is 0 Å². The molecule has 2 heterocycles. The fourth-order valence-corrected chi connectivity index (χ4v) is 2.44. The predicted molar refractivity (Wildman–Crippen MR) is 41.2 cm³/mol. The fraction of sp³-hybridized carbons (Fsp3) is 1.00. The van der Waals surface area contributed by atoms with E-state index in [1.54, 1.807) is 0 Å². The maximum absolute atomic E-state index is 9.55. The van der Waals surface area contributed by atoms with Crippen molar-refractivity contribution in [2.45, 2.75) is 25.0 Å². The van der Waals surface area contributed by atoms with Crippen LogP contribution in [0.25, 0.3) is 0 Å². The van der Waals surface area contributed by atoms with Gasteiger partial charge in [0.15, 0.2) is 0 Å². The van der Waals surface area contributed by atoms with Crippen LogP contribution < -0.4 is 0 Å². The Morgan fingerprint density at radius 1 is 1.27 bits per heavy atom. The number of fused-ring (bicyclic) bond motifs is 1. The summed E-state index contributed by atoms with van der Waals surface area (Å²) in [5.41, 5.74) is 0. The lowest BCUT2D eigenvalue weighted by Gasteiger charge is -2.21. The van der Waals surface area contributed by atoms with E-state index in [0.717, 1.165) is 25.9 Å². The smallest absolute Gasteiger partial charge is 0.0711 e. The molecule has 0 aromatic carbocycles. The summed E-state index contributed by atoms with van der Waals surface area (Å²) in [4.78, 5) is 2.30. The van der Waals surface area contributed by atoms with E-state index in [0.29, 0.717) is 5.92 Å². The minimum absolute atomic E-state index is 0.186. The van der Waals surface area contributed by atoms with E-state index in [9.17, 15) is 5.11 Å². The largest absolute Gasteiger partial charge is 0.396 e. The molecule has 0 aromatic heterocycles. The summed E-state index contributed by atoms with van der Waals surface area (Å²) in [5.74, 6) is 0.326. The highest BCUT2D eigenvalue weighted by Gasteiger charge is 2.42. The molecule has 0 spiro atoms. The quantitative estimate of drug-likeness (QED) is 0.536. The van der Waals surface area contributed by atoms with Crippen molar-refractivity contribution in [1.29, 1.82) is 0 Å². The summed E-state index contributed by atoms with van der Waals surface area (Å²) in [5, 5.41) is 18.5. The molecule has 0 saturated carbocycles. The van der Waals surface area contributed by atoms with Crippen LogP contribution in [-0.2, 0) is 0 Å². The van der Waals surface area contributed by atoms with E-state index in [-0.39, 0.29) is 18.8 Å². The molecule has 2 aliphatic heterocycles. The van der Waals surface area contributed by atoms with E-state index in [4.69, 9.17) is 5.11 Å². The van der Waals surface area contributed by atoms with Gasteiger partial charge in [0.1, 0.15) is 0 Å². The van der Waals surface area contributed by atoms with Crippen LogP contribution in [0.3, 0.4) is 0 Å². The number of nitrogens with zero attached hydrogens (tertiary/aromatic N) is 1. The maximum Gasteiger partial charge on any atom is 0.0711 e. The molecule has 2 aliphatic rings. The molecule has 0 unspecified atom stereocenters. The molecule has 2 N–H and O–H groups in total. The summed E-state index contributed by atoms with van der Waals surface area (Å²) >= 11 is 0. The maximum atomic E-state index is 9.55. The van der Waals surface area contributed by atoms with Crippen LogP contribution >= 0.6 is 0 Å². The SMILES string of the molecule is OC[C@@H]1CCN2CC[C@@H](O)[C@@H]12. The number of hydrogen-bond donors (Lipinski definition) is 2. The van der Waals surface area contributed by atoms with Gasteiger partial charge in [-0.2, -0.15) is 0 Å². The number of aliphatic hydroxyl groups is 2. The highest BCUT2D eigenvalue weighted by molar-refractivity contribution is 4.96. The van der Waals surface area contributed by atoms with Crippen LogP contribution in [0, 0.1) is 5.92 Å². The Balaban J connectivity index is 2.07. The summed E-state index contributed by atoms with van der Waals surface area (Å²) in [7, 11) is 0. The number of aliphatic hydroxyl groups excluding tert-OH is 2. The molecule has 2 fully saturated rings. The van der Waals surface area contributed by atoms with Gasteiger partial charge in [0, 0.05) is 25.1 Å². The van der Waals surface area contributed by atoms with E-state index >= 15 is 0 Å². The van der Waals surface area contributed by atoms with Crippen LogP contribution in [0.5, 0.6) is 0 Å². The zero-order valence-electron chi connectivity index (χ0n) is 6.61. The minimum Gasteiger partial charge on any atom is -0.396 e. The molecule has 0 aromatic rings. The Morgan fingerprint density at radius 2 is 2.00 bits per heavy atom.